The van der Waals surface area contributed by atoms with Crippen molar-refractivity contribution in [2.24, 2.45) is 0 Å². The SMILES string of the molecule is Cc1cc(Oc2nc(N3CCN(C)CC3)nc3c2CN(C(=O)c2ccc(C)c([N+](=O)[O-])c2)CC3)ccc1F. The number of fused-ring (bicyclic) bond motifs is 1. The Balaban J connectivity index is 1.48. The highest BCUT2D eigenvalue weighted by Gasteiger charge is 2.30. The van der Waals surface area contributed by atoms with Crippen molar-refractivity contribution in [1.29, 1.82) is 0 Å². The highest BCUT2D eigenvalue weighted by atomic mass is 19.1. The number of carbonyl (C=O) groups is 1. The highest BCUT2D eigenvalue weighted by Crippen LogP contribution is 2.33. The van der Waals surface area contributed by atoms with Crippen molar-refractivity contribution >= 4 is 17.5 Å². The van der Waals surface area contributed by atoms with E-state index in [0.717, 1.165) is 31.9 Å². The second kappa shape index (κ2) is 10.3. The number of likely N-dealkylation sites (N-methyl/N-ethyl adjacent to an activating group) is 1. The predicted molar refractivity (Wildman–Crippen MR) is 139 cm³/mol. The fraction of sp³-hybridized carbons (Fsp3) is 0.370. The van der Waals surface area contributed by atoms with Gasteiger partial charge >= 0.3 is 0 Å². The molecule has 3 aromatic rings. The number of carbonyl (C=O) groups excluding carboxylic acids is 1. The molecule has 0 bridgehead atoms. The Morgan fingerprint density at radius 1 is 1.03 bits per heavy atom. The minimum absolute atomic E-state index is 0.0934. The molecule has 0 spiro atoms. The smallest absolute Gasteiger partial charge is 0.273 e. The molecule has 0 N–H and O–H groups in total. The first-order chi connectivity index (χ1) is 18.2. The minimum Gasteiger partial charge on any atom is -0.438 e. The summed E-state index contributed by atoms with van der Waals surface area (Å²) in [5.74, 6) is 0.684. The van der Waals surface area contributed by atoms with Crippen LogP contribution in [0.5, 0.6) is 11.6 Å². The van der Waals surface area contributed by atoms with Gasteiger partial charge in [-0.2, -0.15) is 4.98 Å². The second-order valence-electron chi connectivity index (χ2n) is 9.79. The number of nitro benzene ring substituents is 1. The van der Waals surface area contributed by atoms with Gasteiger partial charge in [-0.3, -0.25) is 14.9 Å². The summed E-state index contributed by atoms with van der Waals surface area (Å²) in [5.41, 5.74) is 2.56. The van der Waals surface area contributed by atoms with Crippen molar-refractivity contribution in [3.8, 4) is 11.6 Å². The molecule has 10 nitrogen and oxygen atoms in total. The van der Waals surface area contributed by atoms with E-state index < -0.39 is 4.92 Å². The van der Waals surface area contributed by atoms with Gasteiger partial charge in [0, 0.05) is 56.3 Å². The van der Waals surface area contributed by atoms with Gasteiger partial charge < -0.3 is 19.4 Å². The molecule has 1 fully saturated rings. The van der Waals surface area contributed by atoms with E-state index in [1.807, 2.05) is 0 Å². The summed E-state index contributed by atoms with van der Waals surface area (Å²) in [6.07, 6.45) is 0.483. The predicted octanol–water partition coefficient (Wildman–Crippen LogP) is 3.88. The zero-order chi connectivity index (χ0) is 27.0. The van der Waals surface area contributed by atoms with E-state index in [-0.39, 0.29) is 29.5 Å². The number of nitrogens with zero attached hydrogens (tertiary/aromatic N) is 6. The quantitative estimate of drug-likeness (QED) is 0.369. The monoisotopic (exact) mass is 520 g/mol. The van der Waals surface area contributed by atoms with Crippen molar-refractivity contribution in [3.63, 3.8) is 0 Å². The van der Waals surface area contributed by atoms with Crippen molar-refractivity contribution < 1.29 is 18.8 Å². The first kappa shape index (κ1) is 25.5. The van der Waals surface area contributed by atoms with Crippen LogP contribution >= 0.6 is 0 Å². The van der Waals surface area contributed by atoms with Crippen molar-refractivity contribution in [3.05, 3.63) is 80.3 Å². The summed E-state index contributed by atoms with van der Waals surface area (Å²) in [6.45, 7) is 7.23. The normalized spacial score (nSPS) is 15.8. The maximum absolute atomic E-state index is 13.9. The summed E-state index contributed by atoms with van der Waals surface area (Å²) in [4.78, 5) is 39.8. The molecule has 3 heterocycles. The summed E-state index contributed by atoms with van der Waals surface area (Å²) >= 11 is 0. The number of nitro groups is 1. The number of rotatable bonds is 5. The summed E-state index contributed by atoms with van der Waals surface area (Å²) < 4.78 is 20.1. The average molecular weight is 521 g/mol. The number of anilines is 1. The van der Waals surface area contributed by atoms with Crippen LogP contribution in [0.25, 0.3) is 0 Å². The number of benzene rings is 2. The standard InChI is InChI=1S/C27H29FN6O4/c1-17-4-5-19(15-24(17)34(36)37)26(35)33-9-8-23-21(16-33)25(38-20-6-7-22(28)18(2)14-20)30-27(29-23)32-12-10-31(3)11-13-32/h4-7,14-15H,8-13,16H2,1-3H3. The highest BCUT2D eigenvalue weighted by molar-refractivity contribution is 5.95. The lowest BCUT2D eigenvalue weighted by atomic mass is 10.0. The first-order valence-electron chi connectivity index (χ1n) is 12.5. The van der Waals surface area contributed by atoms with Crippen LogP contribution in [0.4, 0.5) is 16.0 Å². The second-order valence-corrected chi connectivity index (χ2v) is 9.79. The molecule has 2 aliphatic rings. The molecule has 0 atom stereocenters. The van der Waals surface area contributed by atoms with Gasteiger partial charge in [0.05, 0.1) is 22.7 Å². The lowest BCUT2D eigenvalue weighted by Crippen LogP contribution is -2.45. The molecule has 0 radical (unpaired) electrons. The topological polar surface area (TPSA) is 105 Å². The van der Waals surface area contributed by atoms with Crippen LogP contribution < -0.4 is 9.64 Å². The van der Waals surface area contributed by atoms with Crippen LogP contribution in [0.1, 0.15) is 32.7 Å². The van der Waals surface area contributed by atoms with E-state index in [9.17, 15) is 19.3 Å². The Bertz CT molecular complexity index is 1410. The number of aryl methyl sites for hydroxylation is 2. The zero-order valence-electron chi connectivity index (χ0n) is 21.6. The zero-order valence-corrected chi connectivity index (χ0v) is 21.6. The molecule has 0 saturated carbocycles. The van der Waals surface area contributed by atoms with Gasteiger partial charge in [0.15, 0.2) is 0 Å². The van der Waals surface area contributed by atoms with Crippen molar-refractivity contribution in [2.45, 2.75) is 26.8 Å². The molecule has 38 heavy (non-hydrogen) atoms. The molecule has 5 rings (SSSR count). The summed E-state index contributed by atoms with van der Waals surface area (Å²) in [7, 11) is 2.07. The molecule has 2 aromatic carbocycles. The molecule has 1 amide bonds. The molecule has 0 aliphatic carbocycles. The summed E-state index contributed by atoms with van der Waals surface area (Å²) in [5, 5.41) is 11.4. The van der Waals surface area contributed by atoms with E-state index in [1.54, 1.807) is 43.0 Å². The number of hydrogen-bond donors (Lipinski definition) is 0. The molecule has 0 unspecified atom stereocenters. The molecule has 11 heteroatoms. The molecule has 2 aliphatic heterocycles. The third kappa shape index (κ3) is 5.14. The van der Waals surface area contributed by atoms with E-state index in [1.165, 1.54) is 12.1 Å². The van der Waals surface area contributed by atoms with Gasteiger partial charge in [0.25, 0.3) is 11.6 Å². The molecular formula is C27H29FN6O4. The summed E-state index contributed by atoms with van der Waals surface area (Å²) in [6, 6.07) is 9.00. The van der Waals surface area contributed by atoms with Gasteiger partial charge in [0.1, 0.15) is 11.6 Å². The fourth-order valence-corrected chi connectivity index (χ4v) is 4.69. The van der Waals surface area contributed by atoms with E-state index in [0.29, 0.717) is 47.2 Å². The Morgan fingerprint density at radius 3 is 2.50 bits per heavy atom. The van der Waals surface area contributed by atoms with Crippen LogP contribution in [-0.2, 0) is 13.0 Å². The number of ether oxygens (including phenoxy) is 1. The van der Waals surface area contributed by atoms with E-state index in [4.69, 9.17) is 14.7 Å². The van der Waals surface area contributed by atoms with Gasteiger partial charge in [-0.25, -0.2) is 9.37 Å². The number of piperazine rings is 1. The third-order valence-electron chi connectivity index (χ3n) is 7.08. The largest absolute Gasteiger partial charge is 0.438 e. The number of hydrogen-bond acceptors (Lipinski definition) is 8. The Labute approximate surface area is 219 Å². The Morgan fingerprint density at radius 2 is 1.79 bits per heavy atom. The number of halogens is 1. The van der Waals surface area contributed by atoms with Gasteiger partial charge in [-0.1, -0.05) is 6.07 Å². The first-order valence-corrected chi connectivity index (χ1v) is 12.5. The Hall–Kier alpha value is -4.12. The van der Waals surface area contributed by atoms with Crippen molar-refractivity contribution in [1.82, 2.24) is 19.8 Å². The van der Waals surface area contributed by atoms with Crippen molar-refractivity contribution in [2.75, 3.05) is 44.7 Å². The van der Waals surface area contributed by atoms with Gasteiger partial charge in [-0.05, 0) is 50.7 Å². The average Bonchev–Trinajstić information content (AvgIpc) is 2.90. The van der Waals surface area contributed by atoms with Gasteiger partial charge in [0.2, 0.25) is 11.8 Å². The molecular weight excluding hydrogens is 491 g/mol. The third-order valence-corrected chi connectivity index (χ3v) is 7.08. The minimum atomic E-state index is -0.484. The molecule has 198 valence electrons. The fourth-order valence-electron chi connectivity index (χ4n) is 4.69. The van der Waals surface area contributed by atoms with Crippen LogP contribution in [0.15, 0.2) is 36.4 Å². The van der Waals surface area contributed by atoms with E-state index in [2.05, 4.69) is 16.8 Å². The Kier molecular flexibility index (Phi) is 6.94. The van der Waals surface area contributed by atoms with E-state index >= 15 is 0 Å². The number of aromatic nitrogens is 2. The van der Waals surface area contributed by atoms with Crippen LogP contribution in [-0.4, -0.2) is 70.4 Å². The number of amides is 1. The van der Waals surface area contributed by atoms with Crippen LogP contribution in [0, 0.1) is 29.8 Å². The lowest BCUT2D eigenvalue weighted by molar-refractivity contribution is -0.385. The maximum Gasteiger partial charge on any atom is 0.273 e. The lowest BCUT2D eigenvalue weighted by Gasteiger charge is -2.34. The van der Waals surface area contributed by atoms with Crippen LogP contribution in [0.2, 0.25) is 0 Å². The van der Waals surface area contributed by atoms with Crippen LogP contribution in [0.3, 0.4) is 0 Å². The molecule has 1 aromatic heterocycles. The van der Waals surface area contributed by atoms with Gasteiger partial charge in [-0.15, -0.1) is 0 Å². The maximum atomic E-state index is 13.9. The molecule has 1 saturated heterocycles.